The molecule has 1 unspecified atom stereocenters. The summed E-state index contributed by atoms with van der Waals surface area (Å²) in [6.07, 6.45) is 0.958. The summed E-state index contributed by atoms with van der Waals surface area (Å²) in [4.78, 5) is 21.8. The smallest absolute Gasteiger partial charge is 0.269 e. The van der Waals surface area contributed by atoms with Crippen LogP contribution in [0, 0.1) is 16.0 Å². The number of nitro groups is 1. The second-order valence-corrected chi connectivity index (χ2v) is 4.12. The number of rotatable bonds is 3. The van der Waals surface area contributed by atoms with Crippen molar-refractivity contribution in [2.24, 2.45) is 5.92 Å². The fourth-order valence-corrected chi connectivity index (χ4v) is 1.95. The quantitative estimate of drug-likeness (QED) is 0.591. The SMILES string of the molecule is O=C1CCOCC1Cc1cccc([N+](=O)[O-])c1. The number of non-ortho nitro benzene ring substituents is 1. The maximum atomic E-state index is 11.6. The first kappa shape index (κ1) is 11.7. The van der Waals surface area contributed by atoms with Gasteiger partial charge >= 0.3 is 0 Å². The van der Waals surface area contributed by atoms with Crippen LogP contribution in [0.25, 0.3) is 0 Å². The molecule has 1 aliphatic heterocycles. The molecule has 90 valence electrons. The van der Waals surface area contributed by atoms with Crippen LogP contribution in [0.4, 0.5) is 5.69 Å². The topological polar surface area (TPSA) is 69.4 Å². The Morgan fingerprint density at radius 2 is 2.29 bits per heavy atom. The Kier molecular flexibility index (Phi) is 3.49. The average Bonchev–Trinajstić information content (AvgIpc) is 2.32. The van der Waals surface area contributed by atoms with Crippen molar-refractivity contribution in [1.82, 2.24) is 0 Å². The number of ether oxygens (including phenoxy) is 1. The van der Waals surface area contributed by atoms with E-state index in [1.165, 1.54) is 12.1 Å². The maximum Gasteiger partial charge on any atom is 0.269 e. The number of nitro benzene ring substituents is 1. The molecule has 1 heterocycles. The van der Waals surface area contributed by atoms with Crippen LogP contribution in [0.2, 0.25) is 0 Å². The van der Waals surface area contributed by atoms with Gasteiger partial charge in [0.1, 0.15) is 5.78 Å². The summed E-state index contributed by atoms with van der Waals surface area (Å²) >= 11 is 0. The van der Waals surface area contributed by atoms with Gasteiger partial charge in [-0.1, -0.05) is 12.1 Å². The molecule has 1 saturated heterocycles. The molecule has 0 aromatic heterocycles. The molecule has 0 saturated carbocycles. The second-order valence-electron chi connectivity index (χ2n) is 4.12. The zero-order valence-corrected chi connectivity index (χ0v) is 9.30. The minimum Gasteiger partial charge on any atom is -0.380 e. The Labute approximate surface area is 98.5 Å². The van der Waals surface area contributed by atoms with Gasteiger partial charge in [0, 0.05) is 24.5 Å². The number of benzene rings is 1. The molecule has 0 spiro atoms. The number of nitrogens with zero attached hydrogens (tertiary/aromatic N) is 1. The van der Waals surface area contributed by atoms with Gasteiger partial charge in [-0.3, -0.25) is 14.9 Å². The summed E-state index contributed by atoms with van der Waals surface area (Å²) in [7, 11) is 0. The molecule has 5 nitrogen and oxygen atoms in total. The molecule has 2 rings (SSSR count). The summed E-state index contributed by atoms with van der Waals surface area (Å²) in [5, 5.41) is 10.6. The standard InChI is InChI=1S/C12H13NO4/c14-12-4-5-17-8-10(12)6-9-2-1-3-11(7-9)13(15)16/h1-3,7,10H,4-6,8H2. The van der Waals surface area contributed by atoms with E-state index in [9.17, 15) is 14.9 Å². The number of hydrogen-bond acceptors (Lipinski definition) is 4. The Morgan fingerprint density at radius 3 is 3.00 bits per heavy atom. The van der Waals surface area contributed by atoms with Gasteiger partial charge in [0.15, 0.2) is 0 Å². The molecule has 1 atom stereocenters. The summed E-state index contributed by atoms with van der Waals surface area (Å²) in [6.45, 7) is 0.909. The van der Waals surface area contributed by atoms with Crippen molar-refractivity contribution < 1.29 is 14.5 Å². The number of carbonyl (C=O) groups is 1. The number of hydrogen-bond donors (Lipinski definition) is 0. The van der Waals surface area contributed by atoms with E-state index in [4.69, 9.17) is 4.74 Å². The van der Waals surface area contributed by atoms with Gasteiger partial charge in [0.2, 0.25) is 0 Å². The van der Waals surface area contributed by atoms with E-state index >= 15 is 0 Å². The van der Waals surface area contributed by atoms with Crippen molar-refractivity contribution in [1.29, 1.82) is 0 Å². The van der Waals surface area contributed by atoms with Crippen molar-refractivity contribution in [3.8, 4) is 0 Å². The Balaban J connectivity index is 2.09. The Morgan fingerprint density at radius 1 is 1.47 bits per heavy atom. The highest BCUT2D eigenvalue weighted by Crippen LogP contribution is 2.19. The fourth-order valence-electron chi connectivity index (χ4n) is 1.95. The number of Topliss-reactive ketones (excluding diaryl/α,β-unsaturated/α-hetero) is 1. The van der Waals surface area contributed by atoms with Gasteiger partial charge in [0.25, 0.3) is 5.69 Å². The highest BCUT2D eigenvalue weighted by Gasteiger charge is 2.23. The molecule has 1 aliphatic rings. The van der Waals surface area contributed by atoms with E-state index in [0.717, 1.165) is 5.56 Å². The minimum atomic E-state index is -0.428. The van der Waals surface area contributed by atoms with Crippen LogP contribution >= 0.6 is 0 Å². The molecule has 1 fully saturated rings. The molecule has 1 aromatic rings. The van der Waals surface area contributed by atoms with Gasteiger partial charge in [-0.25, -0.2) is 0 Å². The molecule has 0 amide bonds. The molecule has 0 radical (unpaired) electrons. The third kappa shape index (κ3) is 2.88. The first-order valence-corrected chi connectivity index (χ1v) is 5.50. The van der Waals surface area contributed by atoms with Crippen molar-refractivity contribution in [2.45, 2.75) is 12.8 Å². The highest BCUT2D eigenvalue weighted by atomic mass is 16.6. The zero-order valence-electron chi connectivity index (χ0n) is 9.30. The normalized spacial score (nSPS) is 20.2. The lowest BCUT2D eigenvalue weighted by molar-refractivity contribution is -0.384. The molecule has 0 N–H and O–H groups in total. The summed E-state index contributed by atoms with van der Waals surface area (Å²) in [5.41, 5.74) is 0.870. The van der Waals surface area contributed by atoms with Crippen LogP contribution in [0.5, 0.6) is 0 Å². The first-order valence-electron chi connectivity index (χ1n) is 5.50. The predicted molar refractivity (Wildman–Crippen MR) is 60.7 cm³/mol. The van der Waals surface area contributed by atoms with Crippen LogP contribution in [0.15, 0.2) is 24.3 Å². The largest absolute Gasteiger partial charge is 0.380 e. The molecule has 0 bridgehead atoms. The summed E-state index contributed by atoms with van der Waals surface area (Å²) in [5.74, 6) is 0.0218. The van der Waals surface area contributed by atoms with E-state index < -0.39 is 4.92 Å². The molecular weight excluding hydrogens is 222 g/mol. The van der Waals surface area contributed by atoms with E-state index in [1.54, 1.807) is 12.1 Å². The molecule has 5 heteroatoms. The lowest BCUT2D eigenvalue weighted by Gasteiger charge is -2.20. The van der Waals surface area contributed by atoms with Crippen molar-refractivity contribution >= 4 is 11.5 Å². The van der Waals surface area contributed by atoms with Crippen LogP contribution in [0.3, 0.4) is 0 Å². The van der Waals surface area contributed by atoms with Crippen molar-refractivity contribution in [3.63, 3.8) is 0 Å². The van der Waals surface area contributed by atoms with Gasteiger partial charge in [0.05, 0.1) is 18.1 Å². The van der Waals surface area contributed by atoms with Gasteiger partial charge in [-0.15, -0.1) is 0 Å². The van der Waals surface area contributed by atoms with E-state index in [0.29, 0.717) is 26.1 Å². The zero-order chi connectivity index (χ0) is 12.3. The molecular formula is C12H13NO4. The van der Waals surface area contributed by atoms with Crippen LogP contribution in [-0.2, 0) is 16.0 Å². The maximum absolute atomic E-state index is 11.6. The molecule has 17 heavy (non-hydrogen) atoms. The monoisotopic (exact) mass is 235 g/mol. The number of ketones is 1. The van der Waals surface area contributed by atoms with Crippen molar-refractivity contribution in [3.05, 3.63) is 39.9 Å². The van der Waals surface area contributed by atoms with Gasteiger partial charge in [-0.05, 0) is 12.0 Å². The lowest BCUT2D eigenvalue weighted by Crippen LogP contribution is -2.29. The van der Waals surface area contributed by atoms with Crippen LogP contribution in [0.1, 0.15) is 12.0 Å². The lowest BCUT2D eigenvalue weighted by atomic mass is 9.93. The van der Waals surface area contributed by atoms with Gasteiger partial charge in [-0.2, -0.15) is 0 Å². The summed E-state index contributed by atoms with van der Waals surface area (Å²) in [6, 6.07) is 6.40. The predicted octanol–water partition coefficient (Wildman–Crippen LogP) is 1.74. The van der Waals surface area contributed by atoms with Crippen molar-refractivity contribution in [2.75, 3.05) is 13.2 Å². The Hall–Kier alpha value is -1.75. The Bertz CT molecular complexity index is 444. The summed E-state index contributed by atoms with van der Waals surface area (Å²) < 4.78 is 5.25. The average molecular weight is 235 g/mol. The minimum absolute atomic E-state index is 0.0617. The van der Waals surface area contributed by atoms with Crippen LogP contribution in [-0.4, -0.2) is 23.9 Å². The van der Waals surface area contributed by atoms with Gasteiger partial charge < -0.3 is 4.74 Å². The van der Waals surface area contributed by atoms with E-state index in [-0.39, 0.29) is 17.4 Å². The first-order chi connectivity index (χ1) is 8.16. The second kappa shape index (κ2) is 5.05. The molecule has 1 aromatic carbocycles. The van der Waals surface area contributed by atoms with Crippen LogP contribution < -0.4 is 0 Å². The number of carbonyl (C=O) groups excluding carboxylic acids is 1. The third-order valence-electron chi connectivity index (χ3n) is 2.87. The fraction of sp³-hybridized carbons (Fsp3) is 0.417. The third-order valence-corrected chi connectivity index (χ3v) is 2.87. The van der Waals surface area contributed by atoms with E-state index in [2.05, 4.69) is 0 Å². The molecule has 0 aliphatic carbocycles. The highest BCUT2D eigenvalue weighted by molar-refractivity contribution is 5.82. The van der Waals surface area contributed by atoms with E-state index in [1.807, 2.05) is 0 Å².